The Morgan fingerprint density at radius 2 is 1.74 bits per heavy atom. The molecule has 0 bridgehead atoms. The Morgan fingerprint density at radius 1 is 1.22 bits per heavy atom. The SMILES string of the molecule is C=C[C@@H](C)[C@@H](O[Si](C)(C)C(C)(C)C)[C@@H](C)/C=C(\C)C(=O)OCC. The van der Waals surface area contributed by atoms with E-state index >= 15 is 0 Å². The standard InChI is InChI=1S/C19H36O3Si/c1-11-14(3)17(22-23(9,10)19(6,7)8)15(4)13-16(5)18(20)21-12-2/h11,13-15,17H,1,12H2,2-10H3/b16-13+/t14-,15+,17-/m1/s1. The highest BCUT2D eigenvalue weighted by Crippen LogP contribution is 2.39. The van der Waals surface area contributed by atoms with Crippen LogP contribution in [0, 0.1) is 11.8 Å². The molecule has 23 heavy (non-hydrogen) atoms. The van der Waals surface area contributed by atoms with Crippen molar-refractivity contribution in [3.05, 3.63) is 24.3 Å². The average Bonchev–Trinajstić information content (AvgIpc) is 2.42. The Kier molecular flexibility index (Phi) is 8.50. The number of esters is 1. The second-order valence-electron chi connectivity index (χ2n) is 7.87. The lowest BCUT2D eigenvalue weighted by Crippen LogP contribution is -2.47. The van der Waals surface area contributed by atoms with Crippen LogP contribution in [0.2, 0.25) is 18.1 Å². The minimum Gasteiger partial charge on any atom is -0.463 e. The summed E-state index contributed by atoms with van der Waals surface area (Å²) in [7, 11) is -1.90. The molecule has 3 atom stereocenters. The Bertz CT molecular complexity index is 432. The largest absolute Gasteiger partial charge is 0.463 e. The van der Waals surface area contributed by atoms with Crippen molar-refractivity contribution in [1.29, 1.82) is 0 Å². The number of carbonyl (C=O) groups excluding carboxylic acids is 1. The van der Waals surface area contributed by atoms with E-state index in [4.69, 9.17) is 9.16 Å². The van der Waals surface area contributed by atoms with Crippen molar-refractivity contribution >= 4 is 14.3 Å². The Morgan fingerprint density at radius 3 is 2.13 bits per heavy atom. The minimum absolute atomic E-state index is 0.0118. The van der Waals surface area contributed by atoms with Crippen LogP contribution < -0.4 is 0 Å². The van der Waals surface area contributed by atoms with E-state index in [1.54, 1.807) is 6.92 Å². The van der Waals surface area contributed by atoms with Crippen LogP contribution in [-0.4, -0.2) is 27.0 Å². The number of rotatable bonds is 8. The van der Waals surface area contributed by atoms with Crippen LogP contribution in [0.15, 0.2) is 24.3 Å². The first kappa shape index (κ1) is 22.1. The molecule has 0 aliphatic rings. The molecule has 0 saturated carbocycles. The summed E-state index contributed by atoms with van der Waals surface area (Å²) in [5.74, 6) is 0.0728. The molecule has 0 spiro atoms. The Hall–Kier alpha value is -0.873. The first-order valence-corrected chi connectivity index (χ1v) is 11.4. The summed E-state index contributed by atoms with van der Waals surface area (Å²) in [6, 6.07) is 0. The fourth-order valence-corrected chi connectivity index (χ4v) is 3.61. The summed E-state index contributed by atoms with van der Waals surface area (Å²) >= 11 is 0. The first-order chi connectivity index (χ1) is 10.4. The van der Waals surface area contributed by atoms with Gasteiger partial charge in [-0.2, -0.15) is 0 Å². The zero-order valence-corrected chi connectivity index (χ0v) is 17.5. The van der Waals surface area contributed by atoms with E-state index in [1.165, 1.54) is 0 Å². The molecular formula is C19H36O3Si. The Balaban J connectivity index is 5.38. The van der Waals surface area contributed by atoms with Gasteiger partial charge in [0.05, 0.1) is 12.7 Å². The minimum atomic E-state index is -1.90. The van der Waals surface area contributed by atoms with E-state index in [2.05, 4.69) is 54.3 Å². The van der Waals surface area contributed by atoms with Crippen molar-refractivity contribution in [3.8, 4) is 0 Å². The zero-order chi connectivity index (χ0) is 18.4. The summed E-state index contributed by atoms with van der Waals surface area (Å²) in [5, 5.41) is 0.145. The lowest BCUT2D eigenvalue weighted by atomic mass is 9.92. The molecule has 0 saturated heterocycles. The van der Waals surface area contributed by atoms with Gasteiger partial charge in [-0.05, 0) is 37.9 Å². The lowest BCUT2D eigenvalue weighted by molar-refractivity contribution is -0.138. The highest BCUT2D eigenvalue weighted by atomic mass is 28.4. The van der Waals surface area contributed by atoms with Crippen molar-refractivity contribution < 1.29 is 14.0 Å². The zero-order valence-electron chi connectivity index (χ0n) is 16.5. The van der Waals surface area contributed by atoms with Crippen molar-refractivity contribution in [2.45, 2.75) is 72.7 Å². The van der Waals surface area contributed by atoms with Crippen LogP contribution in [0.4, 0.5) is 0 Å². The molecule has 0 unspecified atom stereocenters. The van der Waals surface area contributed by atoms with E-state index in [1.807, 2.05) is 19.1 Å². The van der Waals surface area contributed by atoms with Crippen molar-refractivity contribution in [3.63, 3.8) is 0 Å². The van der Waals surface area contributed by atoms with Crippen molar-refractivity contribution in [2.75, 3.05) is 6.61 Å². The second kappa shape index (κ2) is 8.83. The van der Waals surface area contributed by atoms with Gasteiger partial charge in [0.2, 0.25) is 0 Å². The van der Waals surface area contributed by atoms with E-state index < -0.39 is 8.32 Å². The average molecular weight is 341 g/mol. The van der Waals surface area contributed by atoms with Gasteiger partial charge in [0.1, 0.15) is 0 Å². The first-order valence-electron chi connectivity index (χ1n) is 8.53. The fraction of sp³-hybridized carbons (Fsp3) is 0.737. The van der Waals surface area contributed by atoms with E-state index in [0.29, 0.717) is 12.2 Å². The number of hydrogen-bond donors (Lipinski definition) is 0. The van der Waals surface area contributed by atoms with E-state index in [0.717, 1.165) is 0 Å². The normalized spacial score (nSPS) is 17.3. The molecular weight excluding hydrogens is 304 g/mol. The molecule has 134 valence electrons. The summed E-state index contributed by atoms with van der Waals surface area (Å²) in [6.07, 6.45) is 3.91. The molecule has 4 heteroatoms. The maximum Gasteiger partial charge on any atom is 0.333 e. The second-order valence-corrected chi connectivity index (χ2v) is 12.6. The van der Waals surface area contributed by atoms with Crippen molar-refractivity contribution in [1.82, 2.24) is 0 Å². The lowest BCUT2D eigenvalue weighted by Gasteiger charge is -2.42. The molecule has 0 aliphatic heterocycles. The van der Waals surface area contributed by atoms with Gasteiger partial charge >= 0.3 is 5.97 Å². The topological polar surface area (TPSA) is 35.5 Å². The Labute approximate surface area is 144 Å². The predicted molar refractivity (Wildman–Crippen MR) is 101 cm³/mol. The molecule has 0 heterocycles. The molecule has 0 aromatic heterocycles. The molecule has 0 aromatic carbocycles. The molecule has 0 amide bonds. The summed E-state index contributed by atoms with van der Waals surface area (Å²) in [6.45, 7) is 23.4. The predicted octanol–water partition coefficient (Wildman–Crippen LogP) is 5.34. The maximum absolute atomic E-state index is 11.8. The van der Waals surface area contributed by atoms with Crippen LogP contribution >= 0.6 is 0 Å². The van der Waals surface area contributed by atoms with Crippen LogP contribution in [0.25, 0.3) is 0 Å². The third-order valence-electron chi connectivity index (χ3n) is 4.76. The van der Waals surface area contributed by atoms with Crippen LogP contribution in [0.5, 0.6) is 0 Å². The quantitative estimate of drug-likeness (QED) is 0.259. The fourth-order valence-electron chi connectivity index (χ4n) is 2.15. The third-order valence-corrected chi connectivity index (χ3v) is 9.23. The molecule has 0 aromatic rings. The van der Waals surface area contributed by atoms with Crippen LogP contribution in [-0.2, 0) is 14.0 Å². The smallest absolute Gasteiger partial charge is 0.333 e. The van der Waals surface area contributed by atoms with Gasteiger partial charge in [-0.25, -0.2) is 4.79 Å². The highest BCUT2D eigenvalue weighted by Gasteiger charge is 2.40. The van der Waals surface area contributed by atoms with Gasteiger partial charge in [-0.1, -0.05) is 46.8 Å². The molecule has 0 aliphatic carbocycles. The molecule has 0 N–H and O–H groups in total. The van der Waals surface area contributed by atoms with Gasteiger partial charge in [-0.15, -0.1) is 6.58 Å². The molecule has 3 nitrogen and oxygen atoms in total. The van der Waals surface area contributed by atoms with Crippen molar-refractivity contribution in [2.24, 2.45) is 11.8 Å². The van der Waals surface area contributed by atoms with Crippen LogP contribution in [0.1, 0.15) is 48.5 Å². The van der Waals surface area contributed by atoms with Gasteiger partial charge in [0.15, 0.2) is 8.32 Å². The molecule has 0 radical (unpaired) electrons. The number of hydrogen-bond acceptors (Lipinski definition) is 3. The monoisotopic (exact) mass is 340 g/mol. The summed E-state index contributed by atoms with van der Waals surface area (Å²) in [5.41, 5.74) is 0.638. The van der Waals surface area contributed by atoms with Gasteiger partial charge < -0.3 is 9.16 Å². The summed E-state index contributed by atoms with van der Waals surface area (Å²) < 4.78 is 11.7. The highest BCUT2D eigenvalue weighted by molar-refractivity contribution is 6.74. The molecule has 0 rings (SSSR count). The number of ether oxygens (including phenoxy) is 1. The van der Waals surface area contributed by atoms with Crippen LogP contribution in [0.3, 0.4) is 0 Å². The van der Waals surface area contributed by atoms with E-state index in [-0.39, 0.29) is 28.9 Å². The van der Waals surface area contributed by atoms with Gasteiger partial charge in [0.25, 0.3) is 0 Å². The van der Waals surface area contributed by atoms with Gasteiger partial charge in [0, 0.05) is 11.5 Å². The van der Waals surface area contributed by atoms with Gasteiger partial charge in [-0.3, -0.25) is 0 Å². The molecule has 0 fully saturated rings. The van der Waals surface area contributed by atoms with E-state index in [9.17, 15) is 4.79 Å². The summed E-state index contributed by atoms with van der Waals surface area (Å²) in [4.78, 5) is 11.8. The third kappa shape index (κ3) is 6.64. The number of carbonyl (C=O) groups is 1. The maximum atomic E-state index is 11.8.